The summed E-state index contributed by atoms with van der Waals surface area (Å²) in [5.41, 5.74) is 1.26. The van der Waals surface area contributed by atoms with E-state index in [-0.39, 0.29) is 11.2 Å². The Hall–Kier alpha value is -1.64. The predicted octanol–water partition coefficient (Wildman–Crippen LogP) is 2.25. The molecule has 0 spiro atoms. The van der Waals surface area contributed by atoms with Gasteiger partial charge in [0.15, 0.2) is 5.78 Å². The summed E-state index contributed by atoms with van der Waals surface area (Å²) in [5, 5.41) is 9.05. The summed E-state index contributed by atoms with van der Waals surface area (Å²) in [4.78, 5) is 23.0. The average Bonchev–Trinajstić information content (AvgIpc) is 2.23. The molecule has 0 fully saturated rings. The molecule has 16 heavy (non-hydrogen) atoms. The topological polar surface area (TPSA) is 54.4 Å². The zero-order chi connectivity index (χ0) is 11.9. The van der Waals surface area contributed by atoms with E-state index in [9.17, 15) is 9.59 Å². The highest BCUT2D eigenvalue weighted by atomic mass is 16.4. The first-order valence-electron chi connectivity index (χ1n) is 5.30. The van der Waals surface area contributed by atoms with E-state index in [1.807, 2.05) is 26.0 Å². The number of benzene rings is 1. The second-order valence-electron chi connectivity index (χ2n) is 4.89. The minimum absolute atomic E-state index is 0.256. The first-order valence-corrected chi connectivity index (χ1v) is 5.30. The number of ketones is 1. The van der Waals surface area contributed by atoms with Crippen molar-refractivity contribution in [1.82, 2.24) is 0 Å². The second kappa shape index (κ2) is 3.44. The molecular formula is C13H14O3. The number of carboxylic acid groups (broad SMARTS) is 1. The van der Waals surface area contributed by atoms with Crippen molar-refractivity contribution in [2.75, 3.05) is 0 Å². The number of hydrogen-bond acceptors (Lipinski definition) is 2. The van der Waals surface area contributed by atoms with Crippen molar-refractivity contribution < 1.29 is 14.7 Å². The fourth-order valence-electron chi connectivity index (χ4n) is 2.39. The number of carbonyl (C=O) groups is 2. The largest absolute Gasteiger partial charge is 0.481 e. The molecular weight excluding hydrogens is 204 g/mol. The maximum Gasteiger partial charge on any atom is 0.314 e. The molecule has 84 valence electrons. The molecule has 0 bridgehead atoms. The zero-order valence-corrected chi connectivity index (χ0v) is 9.36. The van der Waals surface area contributed by atoms with Crippen LogP contribution in [-0.2, 0) is 10.2 Å². The van der Waals surface area contributed by atoms with E-state index in [4.69, 9.17) is 5.11 Å². The third kappa shape index (κ3) is 1.52. The second-order valence-corrected chi connectivity index (χ2v) is 4.89. The molecule has 1 aromatic rings. The van der Waals surface area contributed by atoms with E-state index in [2.05, 4.69) is 0 Å². The molecule has 0 aromatic heterocycles. The van der Waals surface area contributed by atoms with Crippen LogP contribution in [0, 0.1) is 5.92 Å². The molecule has 1 unspecified atom stereocenters. The standard InChI is InChI=1S/C13H14O3/c1-13(2)7-9(12(15)16)11(14)8-5-3-4-6-10(8)13/h3-6,9H,7H2,1-2H3,(H,15,16). The summed E-state index contributed by atoms with van der Waals surface area (Å²) in [5.74, 6) is -2.18. The Morgan fingerprint density at radius 3 is 2.62 bits per heavy atom. The molecule has 3 nitrogen and oxygen atoms in total. The monoisotopic (exact) mass is 218 g/mol. The molecule has 1 aromatic carbocycles. The molecule has 1 aliphatic rings. The third-order valence-corrected chi connectivity index (χ3v) is 3.25. The number of hydrogen-bond donors (Lipinski definition) is 1. The summed E-state index contributed by atoms with van der Waals surface area (Å²) >= 11 is 0. The van der Waals surface area contributed by atoms with Crippen molar-refractivity contribution >= 4 is 11.8 Å². The van der Waals surface area contributed by atoms with Gasteiger partial charge in [0.2, 0.25) is 0 Å². The smallest absolute Gasteiger partial charge is 0.314 e. The fourth-order valence-corrected chi connectivity index (χ4v) is 2.39. The normalized spacial score (nSPS) is 22.6. The van der Waals surface area contributed by atoms with E-state index in [0.717, 1.165) is 5.56 Å². The van der Waals surface area contributed by atoms with Crippen LogP contribution in [0.5, 0.6) is 0 Å². The Labute approximate surface area is 94.1 Å². The Balaban J connectivity index is 2.58. The molecule has 1 N–H and O–H groups in total. The van der Waals surface area contributed by atoms with Crippen LogP contribution in [0.25, 0.3) is 0 Å². The Morgan fingerprint density at radius 2 is 2.00 bits per heavy atom. The summed E-state index contributed by atoms with van der Waals surface area (Å²) in [6.07, 6.45) is 0.373. The lowest BCUT2D eigenvalue weighted by atomic mass is 9.68. The van der Waals surface area contributed by atoms with Crippen LogP contribution in [0.1, 0.15) is 36.2 Å². The van der Waals surface area contributed by atoms with Gasteiger partial charge in [-0.1, -0.05) is 38.1 Å². The first-order chi connectivity index (χ1) is 7.43. The highest BCUT2D eigenvalue weighted by Gasteiger charge is 2.41. The van der Waals surface area contributed by atoms with E-state index in [1.54, 1.807) is 12.1 Å². The minimum Gasteiger partial charge on any atom is -0.481 e. The molecule has 1 atom stereocenters. The van der Waals surface area contributed by atoms with Crippen LogP contribution in [0.2, 0.25) is 0 Å². The van der Waals surface area contributed by atoms with Crippen molar-refractivity contribution in [2.24, 2.45) is 5.92 Å². The number of carboxylic acids is 1. The van der Waals surface area contributed by atoms with E-state index in [0.29, 0.717) is 12.0 Å². The summed E-state index contributed by atoms with van der Waals surface area (Å²) in [6, 6.07) is 7.28. The number of fused-ring (bicyclic) bond motifs is 1. The lowest BCUT2D eigenvalue weighted by Gasteiger charge is -2.34. The number of aliphatic carboxylic acids is 1. The summed E-state index contributed by atoms with van der Waals surface area (Å²) < 4.78 is 0. The zero-order valence-electron chi connectivity index (χ0n) is 9.36. The van der Waals surface area contributed by atoms with Crippen molar-refractivity contribution in [2.45, 2.75) is 25.7 Å². The number of rotatable bonds is 1. The lowest BCUT2D eigenvalue weighted by Crippen LogP contribution is -2.38. The Bertz CT molecular complexity index is 460. The molecule has 1 aliphatic carbocycles. The van der Waals surface area contributed by atoms with Gasteiger partial charge in [-0.25, -0.2) is 0 Å². The predicted molar refractivity (Wildman–Crippen MR) is 59.5 cm³/mol. The van der Waals surface area contributed by atoms with Gasteiger partial charge >= 0.3 is 5.97 Å². The molecule has 0 aliphatic heterocycles. The van der Waals surface area contributed by atoms with Crippen LogP contribution in [0.3, 0.4) is 0 Å². The third-order valence-electron chi connectivity index (χ3n) is 3.25. The van der Waals surface area contributed by atoms with Gasteiger partial charge in [-0.05, 0) is 17.4 Å². The molecule has 0 saturated carbocycles. The van der Waals surface area contributed by atoms with Gasteiger partial charge in [-0.3, -0.25) is 9.59 Å². The van der Waals surface area contributed by atoms with Crippen LogP contribution < -0.4 is 0 Å². The highest BCUT2D eigenvalue weighted by molar-refractivity contribution is 6.10. The van der Waals surface area contributed by atoms with Crippen molar-refractivity contribution in [3.63, 3.8) is 0 Å². The highest BCUT2D eigenvalue weighted by Crippen LogP contribution is 2.39. The van der Waals surface area contributed by atoms with Gasteiger partial charge in [-0.15, -0.1) is 0 Å². The van der Waals surface area contributed by atoms with Gasteiger partial charge in [0.25, 0.3) is 0 Å². The van der Waals surface area contributed by atoms with Crippen molar-refractivity contribution in [3.8, 4) is 0 Å². The molecule has 2 rings (SSSR count). The van der Waals surface area contributed by atoms with Crippen LogP contribution >= 0.6 is 0 Å². The Kier molecular flexibility index (Phi) is 2.34. The van der Waals surface area contributed by atoms with Crippen molar-refractivity contribution in [1.29, 1.82) is 0 Å². The lowest BCUT2D eigenvalue weighted by molar-refractivity contribution is -0.140. The van der Waals surface area contributed by atoms with Gasteiger partial charge in [0.05, 0.1) is 0 Å². The molecule has 0 amide bonds. The molecule has 0 radical (unpaired) electrons. The molecule has 3 heteroatoms. The summed E-state index contributed by atoms with van der Waals surface area (Å²) in [7, 11) is 0. The maximum atomic E-state index is 12.0. The van der Waals surface area contributed by atoms with Crippen molar-refractivity contribution in [3.05, 3.63) is 35.4 Å². The van der Waals surface area contributed by atoms with Gasteiger partial charge in [0, 0.05) is 5.56 Å². The SMILES string of the molecule is CC1(C)CC(C(=O)O)C(=O)c2ccccc21. The van der Waals surface area contributed by atoms with E-state index >= 15 is 0 Å². The average molecular weight is 218 g/mol. The quantitative estimate of drug-likeness (QED) is 0.735. The van der Waals surface area contributed by atoms with Gasteiger partial charge < -0.3 is 5.11 Å². The number of carbonyl (C=O) groups excluding carboxylic acids is 1. The van der Waals surface area contributed by atoms with Gasteiger partial charge in [0.1, 0.15) is 5.92 Å². The Morgan fingerprint density at radius 1 is 1.38 bits per heavy atom. The number of Topliss-reactive ketones (excluding diaryl/α,β-unsaturated/α-hetero) is 1. The molecule has 0 saturated heterocycles. The molecule has 0 heterocycles. The first kappa shape index (κ1) is 10.9. The van der Waals surface area contributed by atoms with Gasteiger partial charge in [-0.2, -0.15) is 0 Å². The van der Waals surface area contributed by atoms with Crippen LogP contribution in [0.4, 0.5) is 0 Å². The van der Waals surface area contributed by atoms with E-state index in [1.165, 1.54) is 0 Å². The van der Waals surface area contributed by atoms with Crippen LogP contribution in [0.15, 0.2) is 24.3 Å². The fraction of sp³-hybridized carbons (Fsp3) is 0.385. The maximum absolute atomic E-state index is 12.0. The minimum atomic E-state index is -1.02. The van der Waals surface area contributed by atoms with E-state index < -0.39 is 11.9 Å². The summed E-state index contributed by atoms with van der Waals surface area (Å²) in [6.45, 7) is 3.96. The van der Waals surface area contributed by atoms with Crippen LogP contribution in [-0.4, -0.2) is 16.9 Å².